The van der Waals surface area contributed by atoms with Gasteiger partial charge in [0, 0.05) is 18.5 Å². The summed E-state index contributed by atoms with van der Waals surface area (Å²) in [6.07, 6.45) is 6.31. The summed E-state index contributed by atoms with van der Waals surface area (Å²) in [6.45, 7) is 9.32. The number of piperidine rings is 1. The van der Waals surface area contributed by atoms with E-state index in [1.54, 1.807) is 0 Å². The Hall–Kier alpha value is -0.0800. The third kappa shape index (κ3) is 3.23. The fourth-order valence-corrected chi connectivity index (χ4v) is 3.87. The molecule has 0 aromatic heterocycles. The summed E-state index contributed by atoms with van der Waals surface area (Å²) in [7, 11) is 0. The molecule has 0 bridgehead atoms. The van der Waals surface area contributed by atoms with Crippen molar-refractivity contribution in [1.82, 2.24) is 4.90 Å². The van der Waals surface area contributed by atoms with E-state index in [1.807, 2.05) is 0 Å². The van der Waals surface area contributed by atoms with Crippen molar-refractivity contribution in [3.05, 3.63) is 0 Å². The number of aliphatic hydroxyl groups excluding tert-OH is 1. The quantitative estimate of drug-likeness (QED) is 0.801. The minimum atomic E-state index is -0.0668. The van der Waals surface area contributed by atoms with Crippen molar-refractivity contribution in [3.8, 4) is 0 Å². The third-order valence-corrected chi connectivity index (χ3v) is 5.03. The molecular weight excluding hydrogens is 210 g/mol. The first-order chi connectivity index (χ1) is 8.08. The van der Waals surface area contributed by atoms with E-state index in [1.165, 1.54) is 32.2 Å². The molecule has 2 heteroatoms. The molecule has 0 aromatic rings. The molecule has 1 aliphatic carbocycles. The van der Waals surface area contributed by atoms with E-state index in [4.69, 9.17) is 0 Å². The Bertz CT molecular complexity index is 231. The number of aliphatic hydroxyl groups is 1. The maximum atomic E-state index is 10.3. The van der Waals surface area contributed by atoms with Crippen LogP contribution in [0.15, 0.2) is 0 Å². The molecule has 1 N–H and O–H groups in total. The van der Waals surface area contributed by atoms with Gasteiger partial charge in [-0.3, -0.25) is 0 Å². The van der Waals surface area contributed by atoms with Crippen LogP contribution >= 0.6 is 0 Å². The number of rotatable bonds is 2. The summed E-state index contributed by atoms with van der Waals surface area (Å²) in [6, 6.07) is 0.725. The van der Waals surface area contributed by atoms with E-state index >= 15 is 0 Å². The van der Waals surface area contributed by atoms with E-state index in [0.717, 1.165) is 19.0 Å². The van der Waals surface area contributed by atoms with Crippen LogP contribution in [0.25, 0.3) is 0 Å². The fourth-order valence-electron chi connectivity index (χ4n) is 3.87. The lowest BCUT2D eigenvalue weighted by Crippen LogP contribution is -2.47. The molecule has 0 aromatic carbocycles. The Morgan fingerprint density at radius 2 is 1.88 bits per heavy atom. The lowest BCUT2D eigenvalue weighted by atomic mass is 9.73. The summed E-state index contributed by atoms with van der Waals surface area (Å²) in [4.78, 5) is 2.61. The van der Waals surface area contributed by atoms with Crippen molar-refractivity contribution in [2.45, 2.75) is 65.0 Å². The van der Waals surface area contributed by atoms with Gasteiger partial charge in [-0.15, -0.1) is 0 Å². The van der Waals surface area contributed by atoms with Crippen molar-refractivity contribution < 1.29 is 5.11 Å². The van der Waals surface area contributed by atoms with Crippen LogP contribution in [-0.2, 0) is 0 Å². The third-order valence-electron chi connectivity index (χ3n) is 5.03. The van der Waals surface area contributed by atoms with Crippen LogP contribution in [0.4, 0.5) is 0 Å². The second-order valence-electron chi connectivity index (χ2n) is 6.62. The van der Waals surface area contributed by atoms with Gasteiger partial charge in [-0.1, -0.05) is 20.3 Å². The molecule has 2 nitrogen and oxygen atoms in total. The summed E-state index contributed by atoms with van der Waals surface area (Å²) >= 11 is 0. The Morgan fingerprint density at radius 1 is 1.12 bits per heavy atom. The number of likely N-dealkylation sites (tertiary alicyclic amines) is 1. The van der Waals surface area contributed by atoms with Crippen LogP contribution in [-0.4, -0.2) is 35.2 Å². The molecule has 2 rings (SSSR count). The second kappa shape index (κ2) is 5.71. The largest absolute Gasteiger partial charge is 0.393 e. The van der Waals surface area contributed by atoms with Crippen molar-refractivity contribution in [2.75, 3.05) is 13.1 Å². The molecule has 2 aliphatic rings. The molecule has 5 unspecified atom stereocenters. The number of hydrogen-bond donors (Lipinski definition) is 1. The zero-order valence-electron chi connectivity index (χ0n) is 11.7. The van der Waals surface area contributed by atoms with Crippen LogP contribution in [0.2, 0.25) is 0 Å². The lowest BCUT2D eigenvalue weighted by molar-refractivity contribution is -0.0124. The second-order valence-corrected chi connectivity index (χ2v) is 6.62. The van der Waals surface area contributed by atoms with Crippen molar-refractivity contribution in [2.24, 2.45) is 17.8 Å². The first kappa shape index (κ1) is 13.4. The number of nitrogens with zero attached hydrogens (tertiary/aromatic N) is 1. The van der Waals surface area contributed by atoms with Gasteiger partial charge < -0.3 is 10.0 Å². The van der Waals surface area contributed by atoms with Crippen molar-refractivity contribution >= 4 is 0 Å². The van der Waals surface area contributed by atoms with E-state index in [-0.39, 0.29) is 6.10 Å². The van der Waals surface area contributed by atoms with Gasteiger partial charge in [0.05, 0.1) is 6.10 Å². The Labute approximate surface area is 106 Å². The zero-order chi connectivity index (χ0) is 12.4. The SMILES string of the molecule is CC1CC(C)C(CN2CCCCC2C)C(O)C1. The van der Waals surface area contributed by atoms with E-state index in [2.05, 4.69) is 25.7 Å². The molecule has 17 heavy (non-hydrogen) atoms. The Morgan fingerprint density at radius 3 is 2.53 bits per heavy atom. The standard InChI is InChI=1S/C15H29NO/c1-11-8-12(2)14(15(17)9-11)10-16-7-5-4-6-13(16)3/h11-15,17H,4-10H2,1-3H3. The molecule has 1 saturated heterocycles. The van der Waals surface area contributed by atoms with Gasteiger partial charge in [0.25, 0.3) is 0 Å². The van der Waals surface area contributed by atoms with E-state index in [9.17, 15) is 5.11 Å². The maximum Gasteiger partial charge on any atom is 0.0585 e. The molecule has 1 heterocycles. The van der Waals surface area contributed by atoms with Gasteiger partial charge in [-0.25, -0.2) is 0 Å². The molecule has 1 aliphatic heterocycles. The molecular formula is C15H29NO. The summed E-state index contributed by atoms with van der Waals surface area (Å²) in [5, 5.41) is 10.3. The van der Waals surface area contributed by atoms with Crippen LogP contribution < -0.4 is 0 Å². The minimum Gasteiger partial charge on any atom is -0.393 e. The Balaban J connectivity index is 1.92. The maximum absolute atomic E-state index is 10.3. The molecule has 0 radical (unpaired) electrons. The first-order valence-electron chi connectivity index (χ1n) is 7.50. The Kier molecular flexibility index (Phi) is 4.48. The van der Waals surface area contributed by atoms with Crippen molar-refractivity contribution in [3.63, 3.8) is 0 Å². The average Bonchev–Trinajstić information content (AvgIpc) is 2.25. The van der Waals surface area contributed by atoms with Crippen molar-refractivity contribution in [1.29, 1.82) is 0 Å². The monoisotopic (exact) mass is 239 g/mol. The number of hydrogen-bond acceptors (Lipinski definition) is 2. The highest BCUT2D eigenvalue weighted by atomic mass is 16.3. The highest BCUT2D eigenvalue weighted by molar-refractivity contribution is 4.86. The van der Waals surface area contributed by atoms with Gasteiger partial charge in [-0.2, -0.15) is 0 Å². The predicted octanol–water partition coefficient (Wildman–Crippen LogP) is 2.90. The summed E-state index contributed by atoms with van der Waals surface area (Å²) < 4.78 is 0. The highest BCUT2D eigenvalue weighted by Gasteiger charge is 2.34. The van der Waals surface area contributed by atoms with E-state index in [0.29, 0.717) is 17.8 Å². The predicted molar refractivity (Wildman–Crippen MR) is 71.9 cm³/mol. The van der Waals surface area contributed by atoms with E-state index < -0.39 is 0 Å². The molecule has 0 amide bonds. The van der Waals surface area contributed by atoms with Gasteiger partial charge >= 0.3 is 0 Å². The normalized spacial score (nSPS) is 44.8. The minimum absolute atomic E-state index is 0.0668. The summed E-state index contributed by atoms with van der Waals surface area (Å²) in [5.74, 6) is 1.89. The van der Waals surface area contributed by atoms with Crippen LogP contribution in [0.3, 0.4) is 0 Å². The van der Waals surface area contributed by atoms with Crippen LogP contribution in [0, 0.1) is 17.8 Å². The molecule has 100 valence electrons. The zero-order valence-corrected chi connectivity index (χ0v) is 11.7. The molecule has 5 atom stereocenters. The van der Waals surface area contributed by atoms with Gasteiger partial charge in [0.2, 0.25) is 0 Å². The van der Waals surface area contributed by atoms with Crippen LogP contribution in [0.5, 0.6) is 0 Å². The molecule has 0 spiro atoms. The fraction of sp³-hybridized carbons (Fsp3) is 1.00. The molecule has 1 saturated carbocycles. The summed E-state index contributed by atoms with van der Waals surface area (Å²) in [5.41, 5.74) is 0. The van der Waals surface area contributed by atoms with Gasteiger partial charge in [-0.05, 0) is 51.0 Å². The van der Waals surface area contributed by atoms with Gasteiger partial charge in [0.15, 0.2) is 0 Å². The van der Waals surface area contributed by atoms with Crippen LogP contribution in [0.1, 0.15) is 52.9 Å². The first-order valence-corrected chi connectivity index (χ1v) is 7.50. The molecule has 2 fully saturated rings. The average molecular weight is 239 g/mol. The highest BCUT2D eigenvalue weighted by Crippen LogP contribution is 2.35. The lowest BCUT2D eigenvalue weighted by Gasteiger charge is -2.42. The topological polar surface area (TPSA) is 23.5 Å². The smallest absolute Gasteiger partial charge is 0.0585 e. The van der Waals surface area contributed by atoms with Gasteiger partial charge in [0.1, 0.15) is 0 Å².